The van der Waals surface area contributed by atoms with Crippen LogP contribution in [-0.2, 0) is 11.4 Å². The van der Waals surface area contributed by atoms with E-state index in [1.54, 1.807) is 36.4 Å². The molecule has 0 aliphatic carbocycles. The molecule has 0 aliphatic rings. The van der Waals surface area contributed by atoms with Crippen LogP contribution in [0.25, 0.3) is 6.08 Å². The molecule has 0 saturated carbocycles. The summed E-state index contributed by atoms with van der Waals surface area (Å²) in [6.45, 7) is 0.423. The summed E-state index contributed by atoms with van der Waals surface area (Å²) in [4.78, 5) is 12.5. The predicted octanol–water partition coefficient (Wildman–Crippen LogP) is 6.12. The van der Waals surface area contributed by atoms with Gasteiger partial charge in [-0.2, -0.15) is 5.26 Å². The molecule has 144 valence electrons. The van der Waals surface area contributed by atoms with Gasteiger partial charge < -0.3 is 10.1 Å². The Bertz CT molecular complexity index is 1090. The number of hydrogen-bond acceptors (Lipinski definition) is 3. The molecule has 1 N–H and O–H groups in total. The van der Waals surface area contributed by atoms with Gasteiger partial charge in [0.05, 0.1) is 15.7 Å². The van der Waals surface area contributed by atoms with Gasteiger partial charge in [-0.15, -0.1) is 0 Å². The maximum absolute atomic E-state index is 12.5. The molecule has 0 radical (unpaired) electrons. The van der Waals surface area contributed by atoms with E-state index in [-0.39, 0.29) is 10.6 Å². The highest BCUT2D eigenvalue weighted by Gasteiger charge is 2.13. The van der Waals surface area contributed by atoms with Crippen molar-refractivity contribution in [3.63, 3.8) is 0 Å². The molecular formula is C23H16Cl2N2O2. The number of rotatable bonds is 6. The van der Waals surface area contributed by atoms with E-state index >= 15 is 0 Å². The summed E-state index contributed by atoms with van der Waals surface area (Å²) < 4.78 is 5.79. The van der Waals surface area contributed by atoms with Crippen LogP contribution < -0.4 is 10.1 Å². The number of carbonyl (C=O) groups is 1. The molecule has 0 spiro atoms. The fourth-order valence-electron chi connectivity index (χ4n) is 2.54. The minimum atomic E-state index is -0.577. The van der Waals surface area contributed by atoms with Gasteiger partial charge in [-0.1, -0.05) is 71.7 Å². The minimum absolute atomic E-state index is 0.0683. The molecular weight excluding hydrogens is 407 g/mol. The molecule has 4 nitrogen and oxygen atoms in total. The number of nitriles is 1. The van der Waals surface area contributed by atoms with Crippen LogP contribution in [0.2, 0.25) is 10.0 Å². The first-order valence-electron chi connectivity index (χ1n) is 8.71. The second-order valence-corrected chi connectivity index (χ2v) is 6.86. The molecule has 6 heteroatoms. The summed E-state index contributed by atoms with van der Waals surface area (Å²) in [5.41, 5.74) is 1.98. The van der Waals surface area contributed by atoms with Crippen molar-refractivity contribution in [3.8, 4) is 11.8 Å². The summed E-state index contributed by atoms with van der Waals surface area (Å²) in [6.07, 6.45) is 1.49. The highest BCUT2D eigenvalue weighted by Crippen LogP contribution is 2.30. The van der Waals surface area contributed by atoms with Crippen LogP contribution >= 0.6 is 23.2 Å². The Hall–Kier alpha value is -3.26. The zero-order valence-corrected chi connectivity index (χ0v) is 16.7. The zero-order valence-electron chi connectivity index (χ0n) is 15.2. The van der Waals surface area contributed by atoms with Crippen molar-refractivity contribution in [2.45, 2.75) is 6.61 Å². The number of nitrogens with zero attached hydrogens (tertiary/aromatic N) is 1. The van der Waals surface area contributed by atoms with Crippen LogP contribution in [0.15, 0.2) is 78.4 Å². The van der Waals surface area contributed by atoms with Gasteiger partial charge >= 0.3 is 0 Å². The maximum atomic E-state index is 12.5. The standard InChI is InChI=1S/C23H16Cl2N2O2/c24-20-10-5-11-21(22(20)25)27-23(28)18(14-26)12-17-8-4-9-19(13-17)29-15-16-6-2-1-3-7-16/h1-13H,15H2,(H,27,28)/b18-12+. The van der Waals surface area contributed by atoms with Crippen molar-refractivity contribution in [1.82, 2.24) is 0 Å². The van der Waals surface area contributed by atoms with Gasteiger partial charge in [0, 0.05) is 0 Å². The highest BCUT2D eigenvalue weighted by atomic mass is 35.5. The maximum Gasteiger partial charge on any atom is 0.266 e. The van der Waals surface area contributed by atoms with Crippen LogP contribution in [-0.4, -0.2) is 5.91 Å². The molecule has 0 bridgehead atoms. The van der Waals surface area contributed by atoms with Gasteiger partial charge in [0.1, 0.15) is 24.0 Å². The monoisotopic (exact) mass is 422 g/mol. The zero-order chi connectivity index (χ0) is 20.6. The third-order valence-electron chi connectivity index (χ3n) is 3.98. The largest absolute Gasteiger partial charge is 0.489 e. The first kappa shape index (κ1) is 20.5. The number of carbonyl (C=O) groups excluding carboxylic acids is 1. The Labute approximate surface area is 179 Å². The lowest BCUT2D eigenvalue weighted by atomic mass is 10.1. The number of halogens is 2. The van der Waals surface area contributed by atoms with Gasteiger partial charge in [0.15, 0.2) is 0 Å². The summed E-state index contributed by atoms with van der Waals surface area (Å²) >= 11 is 12.0. The molecule has 3 aromatic rings. The molecule has 0 unspecified atom stereocenters. The van der Waals surface area contributed by atoms with Crippen LogP contribution in [0.3, 0.4) is 0 Å². The second-order valence-electron chi connectivity index (χ2n) is 6.07. The molecule has 3 aromatic carbocycles. The highest BCUT2D eigenvalue weighted by molar-refractivity contribution is 6.44. The van der Waals surface area contributed by atoms with Gasteiger partial charge in [-0.25, -0.2) is 0 Å². The fraction of sp³-hybridized carbons (Fsp3) is 0.0435. The lowest BCUT2D eigenvalue weighted by Gasteiger charge is -2.08. The van der Waals surface area contributed by atoms with E-state index in [9.17, 15) is 10.1 Å². The third-order valence-corrected chi connectivity index (χ3v) is 4.80. The number of nitrogens with one attached hydrogen (secondary N) is 1. The fourth-order valence-corrected chi connectivity index (χ4v) is 2.89. The van der Waals surface area contributed by atoms with Gasteiger partial charge in [-0.3, -0.25) is 4.79 Å². The van der Waals surface area contributed by atoms with Crippen LogP contribution in [0, 0.1) is 11.3 Å². The number of benzene rings is 3. The molecule has 0 aliphatic heterocycles. The second kappa shape index (κ2) is 9.79. The molecule has 0 heterocycles. The van der Waals surface area contributed by atoms with E-state index in [0.29, 0.717) is 28.6 Å². The summed E-state index contributed by atoms with van der Waals surface area (Å²) in [5, 5.41) is 12.6. The van der Waals surface area contributed by atoms with Gasteiger partial charge in [0.25, 0.3) is 5.91 Å². The Morgan fingerprint density at radius 2 is 1.79 bits per heavy atom. The smallest absolute Gasteiger partial charge is 0.266 e. The average Bonchev–Trinajstić information content (AvgIpc) is 2.75. The Balaban J connectivity index is 1.74. The lowest BCUT2D eigenvalue weighted by molar-refractivity contribution is -0.112. The molecule has 0 aromatic heterocycles. The Kier molecular flexibility index (Phi) is 6.91. The van der Waals surface area contributed by atoms with Crippen LogP contribution in [0.4, 0.5) is 5.69 Å². The first-order chi connectivity index (χ1) is 14.1. The number of hydrogen-bond donors (Lipinski definition) is 1. The van der Waals surface area contributed by atoms with E-state index in [1.165, 1.54) is 6.08 Å². The van der Waals surface area contributed by atoms with Crippen molar-refractivity contribution < 1.29 is 9.53 Å². The molecule has 29 heavy (non-hydrogen) atoms. The van der Waals surface area contributed by atoms with E-state index in [2.05, 4.69) is 5.32 Å². The lowest BCUT2D eigenvalue weighted by Crippen LogP contribution is -2.13. The van der Waals surface area contributed by atoms with Crippen molar-refractivity contribution >= 4 is 40.9 Å². The van der Waals surface area contributed by atoms with Crippen LogP contribution in [0.1, 0.15) is 11.1 Å². The number of anilines is 1. The summed E-state index contributed by atoms with van der Waals surface area (Å²) in [5.74, 6) is 0.0606. The average molecular weight is 423 g/mol. The van der Waals surface area contributed by atoms with Crippen molar-refractivity contribution in [1.29, 1.82) is 5.26 Å². The van der Waals surface area contributed by atoms with Crippen LogP contribution in [0.5, 0.6) is 5.75 Å². The van der Waals surface area contributed by atoms with E-state index < -0.39 is 5.91 Å². The normalized spacial score (nSPS) is 10.9. The van der Waals surface area contributed by atoms with Crippen molar-refractivity contribution in [2.75, 3.05) is 5.32 Å². The number of ether oxygens (including phenoxy) is 1. The van der Waals surface area contributed by atoms with Crippen molar-refractivity contribution in [3.05, 3.63) is 99.5 Å². The van der Waals surface area contributed by atoms with Gasteiger partial charge in [0.2, 0.25) is 0 Å². The van der Waals surface area contributed by atoms with E-state index in [0.717, 1.165) is 5.56 Å². The molecule has 0 fully saturated rings. The Morgan fingerprint density at radius 3 is 2.55 bits per heavy atom. The molecule has 0 saturated heterocycles. The first-order valence-corrected chi connectivity index (χ1v) is 9.46. The predicted molar refractivity (Wildman–Crippen MR) is 116 cm³/mol. The van der Waals surface area contributed by atoms with Crippen molar-refractivity contribution in [2.24, 2.45) is 0 Å². The Morgan fingerprint density at radius 1 is 1.03 bits per heavy atom. The third kappa shape index (κ3) is 5.61. The minimum Gasteiger partial charge on any atom is -0.489 e. The summed E-state index contributed by atoms with van der Waals surface area (Å²) in [6, 6.07) is 23.7. The van der Waals surface area contributed by atoms with E-state index in [4.69, 9.17) is 27.9 Å². The topological polar surface area (TPSA) is 62.1 Å². The van der Waals surface area contributed by atoms with E-state index in [1.807, 2.05) is 42.5 Å². The van der Waals surface area contributed by atoms with Gasteiger partial charge in [-0.05, 0) is 41.5 Å². The molecule has 1 amide bonds. The molecule has 3 rings (SSSR count). The number of amides is 1. The quantitative estimate of drug-likeness (QED) is 0.384. The SMILES string of the molecule is N#C/C(=C\c1cccc(OCc2ccccc2)c1)C(=O)Nc1cccc(Cl)c1Cl. The molecule has 0 atom stereocenters. The summed E-state index contributed by atoms with van der Waals surface area (Å²) in [7, 11) is 0.